The Morgan fingerprint density at radius 3 is 2.65 bits per heavy atom. The Bertz CT molecular complexity index is 1100. The molecular formula is C20H19F3N4O3S. The highest BCUT2D eigenvalue weighted by molar-refractivity contribution is 7.89. The van der Waals surface area contributed by atoms with Crippen molar-refractivity contribution in [3.05, 3.63) is 53.7 Å². The standard InChI is InChI=1S/C20H19F3N4O3S/c21-20(22,23)15-4-5-19(25-11-15)30-17-9-16-12-27(7-6-26(16)13-17)31(28,29)18-3-1-2-14(8-18)10-24/h1-5,8,11,16-17H,6-7,9,12-13H2/t16-,17+/m0/s1. The topological polar surface area (TPSA) is 86.5 Å². The summed E-state index contributed by atoms with van der Waals surface area (Å²) in [5.74, 6) is 0.107. The van der Waals surface area contributed by atoms with Crippen molar-refractivity contribution >= 4 is 10.0 Å². The van der Waals surface area contributed by atoms with E-state index in [4.69, 9.17) is 10.00 Å². The molecule has 2 saturated heterocycles. The Hall–Kier alpha value is -2.68. The van der Waals surface area contributed by atoms with Crippen molar-refractivity contribution in [3.8, 4) is 11.9 Å². The number of hydrogen-bond donors (Lipinski definition) is 0. The summed E-state index contributed by atoms with van der Waals surface area (Å²) in [5.41, 5.74) is -0.567. The molecule has 0 aliphatic carbocycles. The lowest BCUT2D eigenvalue weighted by Crippen LogP contribution is -2.51. The van der Waals surface area contributed by atoms with Crippen LogP contribution in [-0.4, -0.2) is 60.9 Å². The molecule has 2 aliphatic heterocycles. The molecule has 7 nitrogen and oxygen atoms in total. The number of benzene rings is 1. The molecule has 0 amide bonds. The fraction of sp³-hybridized carbons (Fsp3) is 0.400. The van der Waals surface area contributed by atoms with E-state index in [1.807, 2.05) is 6.07 Å². The molecule has 2 fully saturated rings. The summed E-state index contributed by atoms with van der Waals surface area (Å²) in [4.78, 5) is 5.94. The van der Waals surface area contributed by atoms with Crippen molar-refractivity contribution in [1.82, 2.24) is 14.2 Å². The minimum atomic E-state index is -4.46. The van der Waals surface area contributed by atoms with Crippen LogP contribution in [0.5, 0.6) is 5.88 Å². The Morgan fingerprint density at radius 2 is 1.97 bits per heavy atom. The van der Waals surface area contributed by atoms with Gasteiger partial charge in [-0.1, -0.05) is 6.07 Å². The van der Waals surface area contributed by atoms with Gasteiger partial charge in [0.15, 0.2) is 0 Å². The molecule has 31 heavy (non-hydrogen) atoms. The van der Waals surface area contributed by atoms with Gasteiger partial charge in [0.1, 0.15) is 6.10 Å². The molecule has 0 saturated carbocycles. The van der Waals surface area contributed by atoms with Crippen LogP contribution in [0.1, 0.15) is 17.5 Å². The van der Waals surface area contributed by atoms with E-state index in [0.717, 1.165) is 12.3 Å². The normalized spacial score (nSPS) is 22.6. The Morgan fingerprint density at radius 1 is 1.16 bits per heavy atom. The lowest BCUT2D eigenvalue weighted by molar-refractivity contribution is -0.137. The molecule has 0 unspecified atom stereocenters. The molecule has 2 aliphatic rings. The zero-order valence-electron chi connectivity index (χ0n) is 16.3. The van der Waals surface area contributed by atoms with E-state index in [1.165, 1.54) is 28.6 Å². The smallest absolute Gasteiger partial charge is 0.417 e. The second-order valence-electron chi connectivity index (χ2n) is 7.51. The van der Waals surface area contributed by atoms with Gasteiger partial charge in [-0.25, -0.2) is 13.4 Å². The van der Waals surface area contributed by atoms with Crippen LogP contribution in [0.4, 0.5) is 13.2 Å². The van der Waals surface area contributed by atoms with Crippen LogP contribution in [0.2, 0.25) is 0 Å². The molecule has 4 rings (SSSR count). The molecule has 164 valence electrons. The zero-order valence-corrected chi connectivity index (χ0v) is 17.1. The average molecular weight is 452 g/mol. The fourth-order valence-corrected chi connectivity index (χ4v) is 5.45. The number of sulfonamides is 1. The van der Waals surface area contributed by atoms with Gasteiger partial charge >= 0.3 is 6.18 Å². The number of nitrogens with zero attached hydrogens (tertiary/aromatic N) is 4. The highest BCUT2D eigenvalue weighted by Gasteiger charge is 2.41. The summed E-state index contributed by atoms with van der Waals surface area (Å²) in [5, 5.41) is 9.03. The molecule has 0 radical (unpaired) electrons. The Kier molecular flexibility index (Phi) is 5.63. The summed E-state index contributed by atoms with van der Waals surface area (Å²) in [7, 11) is -3.73. The lowest BCUT2D eigenvalue weighted by atomic mass is 10.2. The summed E-state index contributed by atoms with van der Waals surface area (Å²) < 4.78 is 71.1. The monoisotopic (exact) mass is 452 g/mol. The first-order chi connectivity index (χ1) is 14.7. The number of hydrogen-bond acceptors (Lipinski definition) is 6. The van der Waals surface area contributed by atoms with Crippen molar-refractivity contribution in [3.63, 3.8) is 0 Å². The second-order valence-corrected chi connectivity index (χ2v) is 9.45. The van der Waals surface area contributed by atoms with E-state index in [-0.39, 0.29) is 35.0 Å². The molecule has 0 N–H and O–H groups in total. The van der Waals surface area contributed by atoms with E-state index in [2.05, 4.69) is 9.88 Å². The third-order valence-electron chi connectivity index (χ3n) is 5.49. The van der Waals surface area contributed by atoms with E-state index in [9.17, 15) is 21.6 Å². The number of ether oxygens (including phenoxy) is 1. The summed E-state index contributed by atoms with van der Waals surface area (Å²) in [6.45, 7) is 1.65. The van der Waals surface area contributed by atoms with Crippen LogP contribution in [0.3, 0.4) is 0 Å². The van der Waals surface area contributed by atoms with Gasteiger partial charge in [-0.15, -0.1) is 0 Å². The number of fused-ring (bicyclic) bond motifs is 1. The first kappa shape index (κ1) is 21.5. The van der Waals surface area contributed by atoms with E-state index < -0.39 is 21.8 Å². The predicted octanol–water partition coefficient (Wildman–Crippen LogP) is 2.50. The van der Waals surface area contributed by atoms with Crippen molar-refractivity contribution in [2.75, 3.05) is 26.2 Å². The highest BCUT2D eigenvalue weighted by atomic mass is 32.2. The molecule has 0 spiro atoms. The molecule has 0 bridgehead atoms. The SMILES string of the molecule is N#Cc1cccc(S(=O)(=O)N2CCN3C[C@H](Oc4ccc(C(F)(F)F)cn4)C[C@H]3C2)c1. The molecule has 2 aromatic rings. The van der Waals surface area contributed by atoms with Gasteiger partial charge in [-0.3, -0.25) is 4.90 Å². The number of alkyl halides is 3. The quantitative estimate of drug-likeness (QED) is 0.709. The maximum atomic E-state index is 13.0. The number of piperazine rings is 1. The van der Waals surface area contributed by atoms with Crippen LogP contribution in [0.15, 0.2) is 47.5 Å². The lowest BCUT2D eigenvalue weighted by Gasteiger charge is -2.36. The van der Waals surface area contributed by atoms with Crippen molar-refractivity contribution < 1.29 is 26.3 Å². The van der Waals surface area contributed by atoms with E-state index >= 15 is 0 Å². The van der Waals surface area contributed by atoms with Crippen LogP contribution in [-0.2, 0) is 16.2 Å². The van der Waals surface area contributed by atoms with Gasteiger partial charge in [0.25, 0.3) is 0 Å². The van der Waals surface area contributed by atoms with Crippen LogP contribution < -0.4 is 4.74 Å². The Labute approximate surface area is 177 Å². The van der Waals surface area contributed by atoms with Gasteiger partial charge in [0.05, 0.1) is 22.1 Å². The van der Waals surface area contributed by atoms with E-state index in [0.29, 0.717) is 26.1 Å². The summed E-state index contributed by atoms with van der Waals surface area (Å²) >= 11 is 0. The number of nitriles is 1. The van der Waals surface area contributed by atoms with Gasteiger partial charge in [0, 0.05) is 50.9 Å². The molecule has 11 heteroatoms. The zero-order chi connectivity index (χ0) is 22.2. The molecule has 2 atom stereocenters. The van der Waals surface area contributed by atoms with Crippen molar-refractivity contribution in [2.24, 2.45) is 0 Å². The predicted molar refractivity (Wildman–Crippen MR) is 104 cm³/mol. The largest absolute Gasteiger partial charge is 0.473 e. The Balaban J connectivity index is 1.41. The van der Waals surface area contributed by atoms with Crippen LogP contribution in [0, 0.1) is 11.3 Å². The number of aromatic nitrogens is 1. The number of pyridine rings is 1. The van der Waals surface area contributed by atoms with Gasteiger partial charge in [-0.2, -0.15) is 22.7 Å². The molecule has 3 heterocycles. The average Bonchev–Trinajstić information content (AvgIpc) is 3.15. The fourth-order valence-electron chi connectivity index (χ4n) is 3.94. The minimum absolute atomic E-state index is 0.0675. The van der Waals surface area contributed by atoms with Crippen molar-refractivity contribution in [2.45, 2.75) is 29.6 Å². The third-order valence-corrected chi connectivity index (χ3v) is 7.35. The van der Waals surface area contributed by atoms with Gasteiger partial charge < -0.3 is 4.74 Å². The van der Waals surface area contributed by atoms with Gasteiger partial charge in [-0.05, 0) is 24.3 Å². The van der Waals surface area contributed by atoms with Crippen molar-refractivity contribution in [1.29, 1.82) is 5.26 Å². The summed E-state index contributed by atoms with van der Waals surface area (Å²) in [6.07, 6.45) is -3.48. The number of halogens is 3. The third kappa shape index (κ3) is 4.51. The van der Waals surface area contributed by atoms with E-state index in [1.54, 1.807) is 6.07 Å². The van der Waals surface area contributed by atoms with Crippen LogP contribution in [0.25, 0.3) is 0 Å². The summed E-state index contributed by atoms with van der Waals surface area (Å²) in [6, 6.07) is 9.91. The first-order valence-electron chi connectivity index (χ1n) is 9.61. The first-order valence-corrected chi connectivity index (χ1v) is 11.0. The number of rotatable bonds is 4. The minimum Gasteiger partial charge on any atom is -0.473 e. The molecule has 1 aromatic carbocycles. The maximum Gasteiger partial charge on any atom is 0.417 e. The maximum absolute atomic E-state index is 13.0. The second kappa shape index (κ2) is 8.11. The van der Waals surface area contributed by atoms with Crippen LogP contribution >= 0.6 is 0 Å². The molecule has 1 aromatic heterocycles. The molecular weight excluding hydrogens is 433 g/mol. The van der Waals surface area contributed by atoms with Gasteiger partial charge in [0.2, 0.25) is 15.9 Å². The highest BCUT2D eigenvalue weighted by Crippen LogP contribution is 2.31.